The van der Waals surface area contributed by atoms with Crippen LogP contribution in [-0.2, 0) is 4.79 Å². The van der Waals surface area contributed by atoms with Crippen molar-refractivity contribution in [1.82, 2.24) is 0 Å². The van der Waals surface area contributed by atoms with Gasteiger partial charge in [-0.3, -0.25) is 4.79 Å². The van der Waals surface area contributed by atoms with Crippen LogP contribution >= 0.6 is 15.9 Å². The highest BCUT2D eigenvalue weighted by Gasteiger charge is 2.32. The Morgan fingerprint density at radius 1 is 1.62 bits per heavy atom. The first-order valence-corrected chi connectivity index (χ1v) is 5.47. The van der Waals surface area contributed by atoms with E-state index in [0.717, 1.165) is 0 Å². The van der Waals surface area contributed by atoms with Gasteiger partial charge in [-0.25, -0.2) is 4.39 Å². The van der Waals surface area contributed by atoms with Gasteiger partial charge in [-0.15, -0.1) is 0 Å². The van der Waals surface area contributed by atoms with Crippen molar-refractivity contribution in [3.8, 4) is 5.75 Å². The van der Waals surface area contributed by atoms with Gasteiger partial charge in [0, 0.05) is 19.7 Å². The van der Waals surface area contributed by atoms with Crippen molar-refractivity contribution >= 4 is 27.5 Å². The highest BCUT2D eigenvalue weighted by molar-refractivity contribution is 9.10. The van der Waals surface area contributed by atoms with Crippen LogP contribution < -0.4 is 15.4 Å². The topological polar surface area (TPSA) is 55.6 Å². The lowest BCUT2D eigenvalue weighted by Gasteiger charge is -2.31. The molecule has 16 heavy (non-hydrogen) atoms. The lowest BCUT2D eigenvalue weighted by atomic mass is 10.2. The van der Waals surface area contributed by atoms with Crippen molar-refractivity contribution in [3.63, 3.8) is 0 Å². The number of amides is 1. The van der Waals surface area contributed by atoms with E-state index < -0.39 is 11.9 Å². The quantitative estimate of drug-likeness (QED) is 0.847. The molecule has 1 aromatic carbocycles. The Hall–Kier alpha value is -1.14. The van der Waals surface area contributed by atoms with E-state index in [4.69, 9.17) is 10.5 Å². The molecule has 1 unspecified atom stereocenters. The molecule has 2 N–H and O–H groups in total. The maximum absolute atomic E-state index is 13.2. The molecule has 1 aromatic rings. The Labute approximate surface area is 100 Å². The summed E-state index contributed by atoms with van der Waals surface area (Å²) in [6.07, 6.45) is -0.709. The molecule has 0 bridgehead atoms. The number of benzene rings is 1. The fraction of sp³-hybridized carbons (Fsp3) is 0.300. The van der Waals surface area contributed by atoms with Gasteiger partial charge in [-0.2, -0.15) is 0 Å². The van der Waals surface area contributed by atoms with Crippen molar-refractivity contribution in [1.29, 1.82) is 0 Å². The number of hydrogen-bond acceptors (Lipinski definition) is 3. The van der Waals surface area contributed by atoms with Crippen molar-refractivity contribution < 1.29 is 13.9 Å². The fourth-order valence-corrected chi connectivity index (χ4v) is 2.10. The minimum Gasteiger partial charge on any atom is -0.476 e. The number of anilines is 1. The molecule has 0 aliphatic carbocycles. The molecule has 0 aromatic heterocycles. The Bertz CT molecular complexity index is 453. The number of carbonyl (C=O) groups excluding carboxylic acids is 1. The Kier molecular flexibility index (Phi) is 2.86. The molecule has 86 valence electrons. The van der Waals surface area contributed by atoms with E-state index in [1.807, 2.05) is 0 Å². The minimum absolute atomic E-state index is 0.0897. The molecular formula is C10H10BrFN2O2. The average Bonchev–Trinajstić information content (AvgIpc) is 2.24. The molecule has 1 aliphatic heterocycles. The summed E-state index contributed by atoms with van der Waals surface area (Å²) in [4.78, 5) is 13.1. The Balaban J connectivity index is 2.54. The van der Waals surface area contributed by atoms with Gasteiger partial charge in [-0.1, -0.05) is 0 Å². The lowest BCUT2D eigenvalue weighted by molar-refractivity contribution is -0.125. The number of nitrogens with two attached hydrogens (primary N) is 1. The molecule has 0 saturated carbocycles. The second kappa shape index (κ2) is 4.03. The number of likely N-dealkylation sites (N-methyl/N-ethyl adjacent to an activating group) is 1. The monoisotopic (exact) mass is 288 g/mol. The third-order valence-corrected chi connectivity index (χ3v) is 3.02. The van der Waals surface area contributed by atoms with Crippen molar-refractivity contribution in [2.45, 2.75) is 6.10 Å². The van der Waals surface area contributed by atoms with Crippen molar-refractivity contribution in [2.24, 2.45) is 5.73 Å². The van der Waals surface area contributed by atoms with Crippen LogP contribution in [0.25, 0.3) is 0 Å². The van der Waals surface area contributed by atoms with E-state index in [1.165, 1.54) is 17.0 Å². The summed E-state index contributed by atoms with van der Waals surface area (Å²) in [5, 5.41) is 0. The predicted molar refractivity (Wildman–Crippen MR) is 61.0 cm³/mol. The number of rotatable bonds is 1. The van der Waals surface area contributed by atoms with Crippen LogP contribution in [0.3, 0.4) is 0 Å². The van der Waals surface area contributed by atoms with Crippen LogP contribution in [0, 0.1) is 5.82 Å². The van der Waals surface area contributed by atoms with Crippen LogP contribution in [-0.4, -0.2) is 25.6 Å². The van der Waals surface area contributed by atoms with Crippen LogP contribution in [0.15, 0.2) is 16.6 Å². The van der Waals surface area contributed by atoms with Gasteiger partial charge in [0.1, 0.15) is 5.82 Å². The zero-order chi connectivity index (χ0) is 11.9. The molecule has 1 heterocycles. The summed E-state index contributed by atoms with van der Waals surface area (Å²) >= 11 is 3.19. The zero-order valence-electron chi connectivity index (χ0n) is 8.54. The zero-order valence-corrected chi connectivity index (χ0v) is 10.1. The number of nitrogens with zero attached hydrogens (tertiary/aromatic N) is 1. The summed E-state index contributed by atoms with van der Waals surface area (Å²) in [5.41, 5.74) is 5.84. The smallest absolute Gasteiger partial charge is 0.269 e. The maximum atomic E-state index is 13.2. The SMILES string of the molecule is CN1C(=O)C(CN)Oc2c(Br)cc(F)cc21. The molecule has 4 nitrogen and oxygen atoms in total. The van der Waals surface area contributed by atoms with E-state index >= 15 is 0 Å². The first-order chi connectivity index (χ1) is 7.54. The predicted octanol–water partition coefficient (Wildman–Crippen LogP) is 1.27. The summed E-state index contributed by atoms with van der Waals surface area (Å²) in [7, 11) is 1.57. The Morgan fingerprint density at radius 3 is 2.94 bits per heavy atom. The molecule has 1 atom stereocenters. The second-order valence-corrected chi connectivity index (χ2v) is 4.33. The number of hydrogen-bond donors (Lipinski definition) is 1. The van der Waals surface area contributed by atoms with Gasteiger partial charge in [-0.05, 0) is 22.0 Å². The summed E-state index contributed by atoms with van der Waals surface area (Å²) < 4.78 is 19.1. The van der Waals surface area contributed by atoms with E-state index in [1.54, 1.807) is 7.05 Å². The first kappa shape index (κ1) is 11.3. The highest BCUT2D eigenvalue weighted by Crippen LogP contribution is 2.39. The molecule has 2 rings (SSSR count). The van der Waals surface area contributed by atoms with Crippen LogP contribution in [0.4, 0.5) is 10.1 Å². The van der Waals surface area contributed by atoms with E-state index in [-0.39, 0.29) is 12.5 Å². The van der Waals surface area contributed by atoms with Crippen molar-refractivity contribution in [3.05, 3.63) is 22.4 Å². The van der Waals surface area contributed by atoms with E-state index in [0.29, 0.717) is 15.9 Å². The number of fused-ring (bicyclic) bond motifs is 1. The summed E-state index contributed by atoms with van der Waals surface area (Å²) in [5.74, 6) is -0.258. The molecule has 0 radical (unpaired) electrons. The molecule has 6 heteroatoms. The summed E-state index contributed by atoms with van der Waals surface area (Å²) in [6, 6.07) is 2.54. The van der Waals surface area contributed by atoms with Crippen molar-refractivity contribution in [2.75, 3.05) is 18.5 Å². The number of carbonyl (C=O) groups is 1. The standard InChI is InChI=1S/C10H10BrFN2O2/c1-14-7-3-5(12)2-6(11)9(7)16-8(4-13)10(14)15/h2-3,8H,4,13H2,1H3. The molecule has 0 fully saturated rings. The second-order valence-electron chi connectivity index (χ2n) is 3.48. The third kappa shape index (κ3) is 1.68. The molecule has 0 spiro atoms. The van der Waals surface area contributed by atoms with Crippen LogP contribution in [0.2, 0.25) is 0 Å². The lowest BCUT2D eigenvalue weighted by Crippen LogP contribution is -2.47. The van der Waals surface area contributed by atoms with Crippen LogP contribution in [0.5, 0.6) is 5.75 Å². The molecular weight excluding hydrogens is 279 g/mol. The van der Waals surface area contributed by atoms with E-state index in [9.17, 15) is 9.18 Å². The molecule has 0 saturated heterocycles. The van der Waals surface area contributed by atoms with Gasteiger partial charge in [0.15, 0.2) is 11.9 Å². The largest absolute Gasteiger partial charge is 0.476 e. The normalized spacial score (nSPS) is 19.4. The highest BCUT2D eigenvalue weighted by atomic mass is 79.9. The fourth-order valence-electron chi connectivity index (χ4n) is 1.59. The third-order valence-electron chi connectivity index (χ3n) is 2.43. The average molecular weight is 289 g/mol. The van der Waals surface area contributed by atoms with Gasteiger partial charge in [0.2, 0.25) is 0 Å². The van der Waals surface area contributed by atoms with Gasteiger partial charge in [0.05, 0.1) is 10.2 Å². The van der Waals surface area contributed by atoms with Crippen LogP contribution in [0.1, 0.15) is 0 Å². The summed E-state index contributed by atoms with van der Waals surface area (Å²) in [6.45, 7) is 0.0897. The van der Waals surface area contributed by atoms with Gasteiger partial charge >= 0.3 is 0 Å². The maximum Gasteiger partial charge on any atom is 0.269 e. The minimum atomic E-state index is -0.709. The first-order valence-electron chi connectivity index (χ1n) is 4.68. The molecule has 1 amide bonds. The van der Waals surface area contributed by atoms with E-state index in [2.05, 4.69) is 15.9 Å². The number of halogens is 2. The number of ether oxygens (including phenoxy) is 1. The van der Waals surface area contributed by atoms with Gasteiger partial charge < -0.3 is 15.4 Å². The Morgan fingerprint density at radius 2 is 2.31 bits per heavy atom. The van der Waals surface area contributed by atoms with Gasteiger partial charge in [0.25, 0.3) is 5.91 Å². The molecule has 1 aliphatic rings.